The molecule has 0 amide bonds. The average Bonchev–Trinajstić information content (AvgIpc) is 2.99. The van der Waals surface area contributed by atoms with Crippen LogP contribution in [0, 0.1) is 0 Å². The van der Waals surface area contributed by atoms with Gasteiger partial charge in [0.05, 0.1) is 16.8 Å². The zero-order valence-corrected chi connectivity index (χ0v) is 14.1. The van der Waals surface area contributed by atoms with Crippen LogP contribution in [0.15, 0.2) is 60.7 Å². The summed E-state index contributed by atoms with van der Waals surface area (Å²) in [4.78, 5) is 0. The highest BCUT2D eigenvalue weighted by Crippen LogP contribution is 2.38. The molecule has 1 heterocycles. The molecule has 0 aliphatic heterocycles. The van der Waals surface area contributed by atoms with E-state index in [9.17, 15) is 28.5 Å². The Morgan fingerprint density at radius 1 is 0.821 bits per heavy atom. The second-order valence-electron chi connectivity index (χ2n) is 6.21. The van der Waals surface area contributed by atoms with Gasteiger partial charge in [-0.1, -0.05) is 6.07 Å². The number of fused-ring (bicyclic) bond motifs is 1. The van der Waals surface area contributed by atoms with Gasteiger partial charge >= 0.3 is 6.18 Å². The van der Waals surface area contributed by atoms with Crippen molar-refractivity contribution in [2.75, 3.05) is 0 Å². The fraction of sp³-hybridized carbons (Fsp3) is 0.0500. The van der Waals surface area contributed by atoms with E-state index in [1.54, 1.807) is 6.07 Å². The van der Waals surface area contributed by atoms with Crippen molar-refractivity contribution in [1.82, 2.24) is 9.78 Å². The van der Waals surface area contributed by atoms with Crippen LogP contribution in [-0.2, 0) is 6.18 Å². The Kier molecular flexibility index (Phi) is 3.92. The summed E-state index contributed by atoms with van der Waals surface area (Å²) < 4.78 is 40.6. The van der Waals surface area contributed by atoms with Crippen LogP contribution in [0.5, 0.6) is 17.2 Å². The van der Waals surface area contributed by atoms with Gasteiger partial charge in [-0.15, -0.1) is 0 Å². The predicted molar refractivity (Wildman–Crippen MR) is 96.5 cm³/mol. The first-order chi connectivity index (χ1) is 13.2. The summed E-state index contributed by atoms with van der Waals surface area (Å²) in [6.45, 7) is 0. The number of aromatic nitrogens is 2. The van der Waals surface area contributed by atoms with Crippen molar-refractivity contribution in [3.63, 3.8) is 0 Å². The zero-order valence-electron chi connectivity index (χ0n) is 14.1. The number of alkyl halides is 3. The molecule has 3 aromatic carbocycles. The minimum Gasteiger partial charge on any atom is -0.508 e. The second-order valence-corrected chi connectivity index (χ2v) is 6.21. The summed E-state index contributed by atoms with van der Waals surface area (Å²) in [5.74, 6) is -0.453. The van der Waals surface area contributed by atoms with E-state index in [1.807, 2.05) is 0 Å². The Morgan fingerprint density at radius 3 is 2.25 bits per heavy atom. The van der Waals surface area contributed by atoms with Gasteiger partial charge in [0.2, 0.25) is 0 Å². The van der Waals surface area contributed by atoms with Crippen LogP contribution in [0.25, 0.3) is 27.8 Å². The molecular formula is C20H13F3N2O3. The zero-order chi connectivity index (χ0) is 20.1. The third-order valence-corrected chi connectivity index (χ3v) is 4.32. The number of phenols is 3. The molecule has 0 unspecified atom stereocenters. The first kappa shape index (κ1) is 17.7. The van der Waals surface area contributed by atoms with Gasteiger partial charge in [0.25, 0.3) is 0 Å². The summed E-state index contributed by atoms with van der Waals surface area (Å²) in [7, 11) is 0. The molecule has 0 bridgehead atoms. The maximum atomic E-state index is 13.1. The first-order valence-corrected chi connectivity index (χ1v) is 8.16. The summed E-state index contributed by atoms with van der Waals surface area (Å²) in [6.07, 6.45) is -4.51. The molecule has 0 saturated heterocycles. The van der Waals surface area contributed by atoms with Crippen LogP contribution in [0.4, 0.5) is 13.2 Å². The topological polar surface area (TPSA) is 78.5 Å². The highest BCUT2D eigenvalue weighted by Gasteiger charge is 2.30. The minimum atomic E-state index is -4.51. The van der Waals surface area contributed by atoms with Crippen LogP contribution in [0.3, 0.4) is 0 Å². The number of nitrogens with zero attached hydrogens (tertiary/aromatic N) is 2. The molecule has 0 spiro atoms. The fourth-order valence-corrected chi connectivity index (χ4v) is 3.03. The van der Waals surface area contributed by atoms with E-state index in [2.05, 4.69) is 5.10 Å². The Morgan fingerprint density at radius 2 is 1.54 bits per heavy atom. The molecule has 8 heteroatoms. The molecule has 0 aliphatic carbocycles. The largest absolute Gasteiger partial charge is 0.508 e. The van der Waals surface area contributed by atoms with Crippen molar-refractivity contribution in [2.45, 2.75) is 6.18 Å². The molecule has 0 aliphatic rings. The van der Waals surface area contributed by atoms with Crippen molar-refractivity contribution in [2.24, 2.45) is 0 Å². The Hall–Kier alpha value is -3.68. The predicted octanol–water partition coefficient (Wildman–Crippen LogP) is 4.83. The maximum absolute atomic E-state index is 13.1. The fourth-order valence-electron chi connectivity index (χ4n) is 3.03. The number of rotatable bonds is 2. The number of halogens is 3. The lowest BCUT2D eigenvalue weighted by atomic mass is 10.1. The number of benzene rings is 3. The van der Waals surface area contributed by atoms with Crippen molar-refractivity contribution in [3.8, 4) is 34.2 Å². The smallest absolute Gasteiger partial charge is 0.416 e. The van der Waals surface area contributed by atoms with Crippen LogP contribution < -0.4 is 0 Å². The molecule has 1 aromatic heterocycles. The van der Waals surface area contributed by atoms with Gasteiger partial charge in [-0.05, 0) is 42.5 Å². The Balaban J connectivity index is 1.99. The SMILES string of the molecule is Oc1ccc(-c2nn(-c3cccc(C(F)(F)F)c3)c3cc(O)ccc23)c(O)c1. The number of phenolic OH excluding ortho intramolecular Hbond substituents is 3. The molecular weight excluding hydrogens is 373 g/mol. The van der Waals surface area contributed by atoms with Crippen LogP contribution in [0.1, 0.15) is 5.56 Å². The normalized spacial score (nSPS) is 11.8. The van der Waals surface area contributed by atoms with Gasteiger partial charge in [0.15, 0.2) is 0 Å². The molecule has 0 radical (unpaired) electrons. The molecule has 28 heavy (non-hydrogen) atoms. The summed E-state index contributed by atoms with van der Waals surface area (Å²) in [5, 5.41) is 34.4. The third-order valence-electron chi connectivity index (χ3n) is 4.32. The van der Waals surface area contributed by atoms with Crippen molar-refractivity contribution >= 4 is 10.9 Å². The quantitative estimate of drug-likeness (QED) is 0.461. The number of aromatic hydroxyl groups is 3. The van der Waals surface area contributed by atoms with Crippen molar-refractivity contribution in [3.05, 3.63) is 66.2 Å². The Labute approximate surface area is 156 Å². The van der Waals surface area contributed by atoms with E-state index in [0.717, 1.165) is 18.2 Å². The van der Waals surface area contributed by atoms with E-state index < -0.39 is 11.7 Å². The third kappa shape index (κ3) is 2.98. The lowest BCUT2D eigenvalue weighted by Gasteiger charge is -2.09. The van der Waals surface area contributed by atoms with Gasteiger partial charge in [-0.2, -0.15) is 18.3 Å². The lowest BCUT2D eigenvalue weighted by molar-refractivity contribution is -0.137. The first-order valence-electron chi connectivity index (χ1n) is 8.16. The van der Waals surface area contributed by atoms with E-state index in [-0.39, 0.29) is 22.9 Å². The monoisotopic (exact) mass is 386 g/mol. The molecule has 3 N–H and O–H groups in total. The van der Waals surface area contributed by atoms with E-state index in [4.69, 9.17) is 0 Å². The standard InChI is InChI=1S/C20H13F3N2O3/c21-20(22,23)11-2-1-3-12(8-11)25-17-9-13(26)4-6-15(17)19(24-25)16-7-5-14(27)10-18(16)28/h1-10,26-28H. The van der Waals surface area contributed by atoms with Gasteiger partial charge in [0, 0.05) is 23.1 Å². The number of hydrogen-bond donors (Lipinski definition) is 3. The van der Waals surface area contributed by atoms with Crippen LogP contribution >= 0.6 is 0 Å². The summed E-state index contributed by atoms with van der Waals surface area (Å²) in [5.41, 5.74) is 0.267. The molecule has 142 valence electrons. The maximum Gasteiger partial charge on any atom is 0.416 e. The average molecular weight is 386 g/mol. The van der Waals surface area contributed by atoms with E-state index in [1.165, 1.54) is 41.1 Å². The van der Waals surface area contributed by atoms with Gasteiger partial charge in [-0.25, -0.2) is 4.68 Å². The second kappa shape index (κ2) is 6.19. The highest BCUT2D eigenvalue weighted by atomic mass is 19.4. The highest BCUT2D eigenvalue weighted by molar-refractivity contribution is 5.96. The van der Waals surface area contributed by atoms with Gasteiger partial charge in [-0.3, -0.25) is 0 Å². The summed E-state index contributed by atoms with van der Waals surface area (Å²) >= 11 is 0. The molecule has 5 nitrogen and oxygen atoms in total. The van der Waals surface area contributed by atoms with E-state index in [0.29, 0.717) is 22.2 Å². The van der Waals surface area contributed by atoms with Crippen LogP contribution in [0.2, 0.25) is 0 Å². The molecule has 4 rings (SSSR count). The van der Waals surface area contributed by atoms with E-state index >= 15 is 0 Å². The molecule has 0 atom stereocenters. The number of hydrogen-bond acceptors (Lipinski definition) is 4. The van der Waals surface area contributed by atoms with Crippen LogP contribution in [-0.4, -0.2) is 25.1 Å². The summed E-state index contributed by atoms with van der Waals surface area (Å²) in [6, 6.07) is 13.0. The van der Waals surface area contributed by atoms with Crippen molar-refractivity contribution in [1.29, 1.82) is 0 Å². The molecule has 0 saturated carbocycles. The molecule has 4 aromatic rings. The van der Waals surface area contributed by atoms with Crippen molar-refractivity contribution < 1.29 is 28.5 Å². The Bertz CT molecular complexity index is 1200. The minimum absolute atomic E-state index is 0.0814. The molecule has 0 fully saturated rings. The lowest BCUT2D eigenvalue weighted by Crippen LogP contribution is -2.06. The van der Waals surface area contributed by atoms with Gasteiger partial charge < -0.3 is 15.3 Å². The van der Waals surface area contributed by atoms with Gasteiger partial charge in [0.1, 0.15) is 22.9 Å².